The average Bonchev–Trinajstić information content (AvgIpc) is 3.16. The van der Waals surface area contributed by atoms with Crippen LogP contribution in [-0.2, 0) is 9.53 Å². The number of nitrogens with one attached hydrogen (secondary N) is 1. The third-order valence-corrected chi connectivity index (χ3v) is 5.47. The van der Waals surface area contributed by atoms with E-state index in [2.05, 4.69) is 29.1 Å². The number of hydrogen-bond donors (Lipinski definition) is 1. The zero-order chi connectivity index (χ0) is 15.0. The molecule has 0 aromatic rings. The molecule has 21 heavy (non-hydrogen) atoms. The van der Waals surface area contributed by atoms with Crippen molar-refractivity contribution < 1.29 is 9.53 Å². The van der Waals surface area contributed by atoms with Crippen molar-refractivity contribution in [3.05, 3.63) is 0 Å². The Balaban J connectivity index is 1.68. The van der Waals surface area contributed by atoms with Crippen molar-refractivity contribution in [1.29, 1.82) is 0 Å². The molecular formula is C16H29N3O2. The molecule has 1 saturated heterocycles. The van der Waals surface area contributed by atoms with Gasteiger partial charge in [-0.05, 0) is 46.1 Å². The highest BCUT2D eigenvalue weighted by molar-refractivity contribution is 5.81. The van der Waals surface area contributed by atoms with Crippen LogP contribution in [0.1, 0.15) is 39.0 Å². The summed E-state index contributed by atoms with van der Waals surface area (Å²) >= 11 is 0. The summed E-state index contributed by atoms with van der Waals surface area (Å²) < 4.78 is 5.12. The van der Waals surface area contributed by atoms with Gasteiger partial charge in [0.05, 0.1) is 7.11 Å². The highest BCUT2D eigenvalue weighted by Crippen LogP contribution is 2.38. The second-order valence-electron chi connectivity index (χ2n) is 7.24. The van der Waals surface area contributed by atoms with Crippen LogP contribution in [0, 0.1) is 0 Å². The summed E-state index contributed by atoms with van der Waals surface area (Å²) in [5, 5.41) is 3.60. The molecule has 0 aromatic carbocycles. The Morgan fingerprint density at radius 2 is 2.05 bits per heavy atom. The number of piperazine rings is 1. The van der Waals surface area contributed by atoms with Crippen molar-refractivity contribution in [2.24, 2.45) is 0 Å². The number of nitrogens with zero attached hydrogens (tertiary/aromatic N) is 2. The Bertz CT molecular complexity index is 399. The maximum absolute atomic E-state index is 12.3. The van der Waals surface area contributed by atoms with Gasteiger partial charge in [0.15, 0.2) is 0 Å². The number of ether oxygens (including phenoxy) is 1. The lowest BCUT2D eigenvalue weighted by molar-refractivity contribution is -0.148. The summed E-state index contributed by atoms with van der Waals surface area (Å²) in [6.07, 6.45) is 5.33. The van der Waals surface area contributed by atoms with Gasteiger partial charge in [-0.2, -0.15) is 0 Å². The summed E-state index contributed by atoms with van der Waals surface area (Å²) in [4.78, 5) is 17.4. The molecule has 0 spiro atoms. The maximum Gasteiger partial charge on any atom is 0.326 e. The minimum Gasteiger partial charge on any atom is -0.468 e. The van der Waals surface area contributed by atoms with Crippen molar-refractivity contribution >= 4 is 5.97 Å². The minimum atomic E-state index is -0.427. The van der Waals surface area contributed by atoms with Gasteiger partial charge in [-0.15, -0.1) is 0 Å². The first-order valence-electron chi connectivity index (χ1n) is 8.34. The molecule has 5 heteroatoms. The summed E-state index contributed by atoms with van der Waals surface area (Å²) in [5.41, 5.74) is -0.427. The molecule has 1 aliphatic heterocycles. The number of likely N-dealkylation sites (N-methyl/N-ethyl adjacent to an activating group) is 1. The van der Waals surface area contributed by atoms with Gasteiger partial charge >= 0.3 is 5.97 Å². The van der Waals surface area contributed by atoms with E-state index in [1.807, 2.05) is 0 Å². The number of rotatable bonds is 4. The molecule has 2 aliphatic carbocycles. The number of hydrogen-bond acceptors (Lipinski definition) is 5. The SMILES string of the molecule is COC(=O)C1(NC2CC2)CCC(N2CCN(C)CC2C)C1. The average molecular weight is 295 g/mol. The van der Waals surface area contributed by atoms with Crippen LogP contribution in [0.15, 0.2) is 0 Å². The van der Waals surface area contributed by atoms with Crippen molar-refractivity contribution in [2.75, 3.05) is 33.8 Å². The van der Waals surface area contributed by atoms with E-state index in [-0.39, 0.29) is 5.97 Å². The topological polar surface area (TPSA) is 44.8 Å². The lowest BCUT2D eigenvalue weighted by Gasteiger charge is -2.42. The third kappa shape index (κ3) is 3.10. The Labute approximate surface area is 128 Å². The first kappa shape index (κ1) is 15.3. The molecule has 120 valence electrons. The van der Waals surface area contributed by atoms with Crippen LogP contribution in [0.4, 0.5) is 0 Å². The summed E-state index contributed by atoms with van der Waals surface area (Å²) in [6.45, 7) is 5.67. The standard InChI is InChI=1S/C16H29N3O2/c1-12-11-18(2)8-9-19(12)14-6-7-16(10-14,15(20)21-3)17-13-4-5-13/h12-14,17H,4-11H2,1-3H3. The molecule has 3 aliphatic rings. The summed E-state index contributed by atoms with van der Waals surface area (Å²) in [6, 6.07) is 1.62. The van der Waals surface area contributed by atoms with Crippen LogP contribution in [0.2, 0.25) is 0 Å². The summed E-state index contributed by atoms with van der Waals surface area (Å²) in [5.74, 6) is -0.0568. The minimum absolute atomic E-state index is 0.0568. The van der Waals surface area contributed by atoms with E-state index in [1.165, 1.54) is 20.0 Å². The van der Waals surface area contributed by atoms with Crippen LogP contribution in [-0.4, -0.2) is 73.2 Å². The first-order chi connectivity index (χ1) is 10.0. The van der Waals surface area contributed by atoms with Crippen molar-refractivity contribution in [2.45, 2.75) is 62.7 Å². The number of esters is 1. The fraction of sp³-hybridized carbons (Fsp3) is 0.938. The predicted octanol–water partition coefficient (Wildman–Crippen LogP) is 0.839. The molecule has 0 bridgehead atoms. The lowest BCUT2D eigenvalue weighted by Crippen LogP contribution is -2.56. The monoisotopic (exact) mass is 295 g/mol. The van der Waals surface area contributed by atoms with Gasteiger partial charge in [0.25, 0.3) is 0 Å². The fourth-order valence-electron chi connectivity index (χ4n) is 4.19. The first-order valence-corrected chi connectivity index (χ1v) is 8.34. The van der Waals surface area contributed by atoms with Gasteiger partial charge in [-0.25, -0.2) is 0 Å². The normalized spacial score (nSPS) is 38.6. The van der Waals surface area contributed by atoms with E-state index in [0.29, 0.717) is 18.1 Å². The molecule has 1 heterocycles. The van der Waals surface area contributed by atoms with Crippen molar-refractivity contribution in [3.63, 3.8) is 0 Å². The predicted molar refractivity (Wildman–Crippen MR) is 82.2 cm³/mol. The Kier molecular flexibility index (Phi) is 4.26. The van der Waals surface area contributed by atoms with Crippen LogP contribution in [0.25, 0.3) is 0 Å². The summed E-state index contributed by atoms with van der Waals surface area (Å²) in [7, 11) is 3.71. The molecule has 3 atom stereocenters. The van der Waals surface area contributed by atoms with E-state index in [1.54, 1.807) is 0 Å². The number of carbonyl (C=O) groups is 1. The van der Waals surface area contributed by atoms with Gasteiger partial charge in [-0.3, -0.25) is 15.0 Å². The van der Waals surface area contributed by atoms with Gasteiger partial charge in [0, 0.05) is 37.8 Å². The van der Waals surface area contributed by atoms with Crippen LogP contribution in [0.3, 0.4) is 0 Å². The Morgan fingerprint density at radius 3 is 2.67 bits per heavy atom. The lowest BCUT2D eigenvalue weighted by atomic mass is 9.96. The molecule has 5 nitrogen and oxygen atoms in total. The van der Waals surface area contributed by atoms with E-state index in [9.17, 15) is 4.79 Å². The van der Waals surface area contributed by atoms with Crippen LogP contribution >= 0.6 is 0 Å². The molecule has 1 N–H and O–H groups in total. The fourth-order valence-corrected chi connectivity index (χ4v) is 4.19. The van der Waals surface area contributed by atoms with Gasteiger partial charge in [-0.1, -0.05) is 0 Å². The van der Waals surface area contributed by atoms with Crippen molar-refractivity contribution in [3.8, 4) is 0 Å². The zero-order valence-corrected chi connectivity index (χ0v) is 13.6. The Morgan fingerprint density at radius 1 is 1.29 bits per heavy atom. The molecule has 0 aromatic heterocycles. The molecular weight excluding hydrogens is 266 g/mol. The van der Waals surface area contributed by atoms with E-state index in [0.717, 1.165) is 38.9 Å². The molecule has 0 radical (unpaired) electrons. The number of methoxy groups -OCH3 is 1. The van der Waals surface area contributed by atoms with E-state index in [4.69, 9.17) is 4.74 Å². The molecule has 0 amide bonds. The quantitative estimate of drug-likeness (QED) is 0.779. The smallest absolute Gasteiger partial charge is 0.326 e. The second kappa shape index (κ2) is 5.86. The zero-order valence-electron chi connectivity index (χ0n) is 13.6. The molecule has 3 fully saturated rings. The van der Waals surface area contributed by atoms with E-state index < -0.39 is 5.54 Å². The van der Waals surface area contributed by atoms with Gasteiger partial charge in [0.2, 0.25) is 0 Å². The van der Waals surface area contributed by atoms with Gasteiger partial charge < -0.3 is 9.64 Å². The van der Waals surface area contributed by atoms with Gasteiger partial charge in [0.1, 0.15) is 5.54 Å². The highest BCUT2D eigenvalue weighted by Gasteiger charge is 2.50. The second-order valence-corrected chi connectivity index (χ2v) is 7.24. The number of carbonyl (C=O) groups excluding carboxylic acids is 1. The molecule has 3 rings (SSSR count). The van der Waals surface area contributed by atoms with E-state index >= 15 is 0 Å². The molecule has 2 saturated carbocycles. The molecule has 3 unspecified atom stereocenters. The van der Waals surface area contributed by atoms with Crippen LogP contribution < -0.4 is 5.32 Å². The third-order valence-electron chi connectivity index (χ3n) is 5.47. The largest absolute Gasteiger partial charge is 0.468 e. The Hall–Kier alpha value is -0.650. The van der Waals surface area contributed by atoms with Crippen molar-refractivity contribution in [1.82, 2.24) is 15.1 Å². The van der Waals surface area contributed by atoms with Crippen LogP contribution in [0.5, 0.6) is 0 Å². The highest BCUT2D eigenvalue weighted by atomic mass is 16.5. The maximum atomic E-state index is 12.3.